The van der Waals surface area contributed by atoms with Crippen molar-refractivity contribution in [3.63, 3.8) is 0 Å². The molecule has 0 N–H and O–H groups in total. The monoisotopic (exact) mass is 617 g/mol. The second-order valence-electron chi connectivity index (χ2n) is 12.1. The van der Waals surface area contributed by atoms with Crippen LogP contribution in [0.2, 0.25) is 0 Å². The molecule has 0 aliphatic rings. The van der Waals surface area contributed by atoms with Gasteiger partial charge in [0.1, 0.15) is 11.2 Å². The molecule has 10 rings (SSSR count). The second-order valence-corrected chi connectivity index (χ2v) is 13.2. The van der Waals surface area contributed by atoms with E-state index in [9.17, 15) is 0 Å². The lowest BCUT2D eigenvalue weighted by Gasteiger charge is -2.26. The van der Waals surface area contributed by atoms with Crippen molar-refractivity contribution in [3.05, 3.63) is 164 Å². The Bertz CT molecular complexity index is 2810. The van der Waals surface area contributed by atoms with Gasteiger partial charge in [0.05, 0.1) is 0 Å². The quantitative estimate of drug-likeness (QED) is 0.183. The van der Waals surface area contributed by atoms with Crippen LogP contribution in [-0.2, 0) is 0 Å². The first-order valence-electron chi connectivity index (χ1n) is 15.9. The molecule has 0 amide bonds. The van der Waals surface area contributed by atoms with Gasteiger partial charge >= 0.3 is 0 Å². The highest BCUT2D eigenvalue weighted by Gasteiger charge is 2.18. The molecule has 0 radical (unpaired) electrons. The average molecular weight is 618 g/mol. The lowest BCUT2D eigenvalue weighted by molar-refractivity contribution is 0.669. The van der Waals surface area contributed by atoms with Gasteiger partial charge in [0.2, 0.25) is 0 Å². The van der Waals surface area contributed by atoms with Crippen LogP contribution in [0.4, 0.5) is 17.1 Å². The summed E-state index contributed by atoms with van der Waals surface area (Å²) in [5, 5.41) is 9.88. The normalized spacial score (nSPS) is 11.8. The van der Waals surface area contributed by atoms with Gasteiger partial charge in [0.25, 0.3) is 0 Å². The highest BCUT2D eigenvalue weighted by molar-refractivity contribution is 7.26. The fraction of sp³-hybridized carbons (Fsp3) is 0. The van der Waals surface area contributed by atoms with Crippen LogP contribution in [0, 0.1) is 0 Å². The minimum Gasteiger partial charge on any atom is -0.456 e. The van der Waals surface area contributed by atoms with Gasteiger partial charge in [-0.05, 0) is 99.4 Å². The molecule has 8 aromatic carbocycles. The van der Waals surface area contributed by atoms with E-state index in [4.69, 9.17) is 4.42 Å². The number of nitrogens with zero attached hydrogens (tertiary/aromatic N) is 1. The molecule has 47 heavy (non-hydrogen) atoms. The van der Waals surface area contributed by atoms with Gasteiger partial charge in [0, 0.05) is 48.0 Å². The first-order valence-corrected chi connectivity index (χ1v) is 16.7. The van der Waals surface area contributed by atoms with E-state index in [1.54, 1.807) is 0 Å². The fourth-order valence-corrected chi connectivity index (χ4v) is 8.36. The Morgan fingerprint density at radius 2 is 1.13 bits per heavy atom. The first-order chi connectivity index (χ1) is 23.3. The summed E-state index contributed by atoms with van der Waals surface area (Å²) < 4.78 is 8.85. The van der Waals surface area contributed by atoms with Crippen molar-refractivity contribution in [2.75, 3.05) is 4.90 Å². The van der Waals surface area contributed by atoms with Gasteiger partial charge in [0.15, 0.2) is 0 Å². The summed E-state index contributed by atoms with van der Waals surface area (Å²) in [5.41, 5.74) is 7.61. The third-order valence-electron chi connectivity index (χ3n) is 9.43. The zero-order chi connectivity index (χ0) is 30.9. The molecular weight excluding hydrogens is 591 g/mol. The van der Waals surface area contributed by atoms with Crippen molar-refractivity contribution < 1.29 is 4.42 Å². The Balaban J connectivity index is 1.17. The van der Waals surface area contributed by atoms with Crippen LogP contribution in [-0.4, -0.2) is 0 Å². The zero-order valence-electron chi connectivity index (χ0n) is 25.4. The Labute approximate surface area is 275 Å². The SMILES string of the molecule is c1ccc(N(c2ccc3c(ccc4ccccc43)c2)c2ccc3sc4cccc(-c5ccc6c(c5)oc5ccccc56)c4c3c2)cc1. The highest BCUT2D eigenvalue weighted by Crippen LogP contribution is 2.45. The number of benzene rings is 8. The van der Waals surface area contributed by atoms with Gasteiger partial charge in [-0.25, -0.2) is 0 Å². The number of rotatable bonds is 4. The molecule has 2 nitrogen and oxygen atoms in total. The number of furan rings is 1. The van der Waals surface area contributed by atoms with Crippen LogP contribution < -0.4 is 4.90 Å². The van der Waals surface area contributed by atoms with Crippen LogP contribution in [0.5, 0.6) is 0 Å². The number of thiophene rings is 1. The van der Waals surface area contributed by atoms with E-state index in [0.29, 0.717) is 0 Å². The van der Waals surface area contributed by atoms with Crippen LogP contribution >= 0.6 is 11.3 Å². The highest BCUT2D eigenvalue weighted by atomic mass is 32.1. The van der Waals surface area contributed by atoms with E-state index >= 15 is 0 Å². The fourth-order valence-electron chi connectivity index (χ4n) is 7.25. The van der Waals surface area contributed by atoms with E-state index < -0.39 is 0 Å². The lowest BCUT2D eigenvalue weighted by Crippen LogP contribution is -2.09. The van der Waals surface area contributed by atoms with E-state index in [1.807, 2.05) is 23.5 Å². The predicted molar refractivity (Wildman–Crippen MR) is 202 cm³/mol. The molecule has 220 valence electrons. The van der Waals surface area contributed by atoms with Gasteiger partial charge in [-0.3, -0.25) is 0 Å². The number of hydrogen-bond acceptors (Lipinski definition) is 3. The summed E-state index contributed by atoms with van der Waals surface area (Å²) in [7, 11) is 0. The van der Waals surface area contributed by atoms with Gasteiger partial charge < -0.3 is 9.32 Å². The summed E-state index contributed by atoms with van der Waals surface area (Å²) in [5.74, 6) is 0. The molecule has 0 saturated heterocycles. The van der Waals surface area contributed by atoms with Crippen LogP contribution in [0.1, 0.15) is 0 Å². The molecule has 10 aromatic rings. The minimum absolute atomic E-state index is 0.917. The van der Waals surface area contributed by atoms with E-state index in [1.165, 1.54) is 47.3 Å². The third-order valence-corrected chi connectivity index (χ3v) is 10.6. The maximum atomic E-state index is 6.29. The maximum absolute atomic E-state index is 6.29. The Hall–Kier alpha value is -5.90. The van der Waals surface area contributed by atoms with E-state index in [-0.39, 0.29) is 0 Å². The Morgan fingerprint density at radius 3 is 2.06 bits per heavy atom. The van der Waals surface area contributed by atoms with Crippen LogP contribution in [0.25, 0.3) is 74.8 Å². The van der Waals surface area contributed by atoms with E-state index in [2.05, 4.69) is 157 Å². The average Bonchev–Trinajstić information content (AvgIpc) is 3.70. The molecule has 0 unspecified atom stereocenters. The second kappa shape index (κ2) is 10.3. The van der Waals surface area contributed by atoms with Crippen molar-refractivity contribution in [1.29, 1.82) is 0 Å². The van der Waals surface area contributed by atoms with Crippen molar-refractivity contribution in [3.8, 4) is 11.1 Å². The molecule has 2 aromatic heterocycles. The third kappa shape index (κ3) is 4.17. The van der Waals surface area contributed by atoms with Crippen LogP contribution in [0.3, 0.4) is 0 Å². The summed E-state index contributed by atoms with van der Waals surface area (Å²) in [4.78, 5) is 2.38. The molecule has 0 aliphatic heterocycles. The summed E-state index contributed by atoms with van der Waals surface area (Å²) >= 11 is 1.85. The largest absolute Gasteiger partial charge is 0.456 e. The van der Waals surface area contributed by atoms with Crippen molar-refractivity contribution in [2.24, 2.45) is 0 Å². The Morgan fingerprint density at radius 1 is 0.404 bits per heavy atom. The predicted octanol–water partition coefficient (Wildman–Crippen LogP) is 13.4. The smallest absolute Gasteiger partial charge is 0.136 e. The molecule has 0 atom stereocenters. The van der Waals surface area contributed by atoms with Crippen LogP contribution in [0.15, 0.2) is 168 Å². The van der Waals surface area contributed by atoms with Gasteiger partial charge in [-0.1, -0.05) is 97.1 Å². The molecule has 2 heterocycles. The van der Waals surface area contributed by atoms with Crippen molar-refractivity contribution in [1.82, 2.24) is 0 Å². The Kier molecular flexibility index (Phi) is 5.78. The van der Waals surface area contributed by atoms with Crippen molar-refractivity contribution in [2.45, 2.75) is 0 Å². The topological polar surface area (TPSA) is 16.4 Å². The molecule has 0 saturated carbocycles. The first kappa shape index (κ1) is 26.3. The lowest BCUT2D eigenvalue weighted by atomic mass is 9.98. The summed E-state index contributed by atoms with van der Waals surface area (Å²) in [6, 6.07) is 59.1. The molecular formula is C44H27NOS. The summed E-state index contributed by atoms with van der Waals surface area (Å²) in [6.45, 7) is 0. The summed E-state index contributed by atoms with van der Waals surface area (Å²) in [6.07, 6.45) is 0. The maximum Gasteiger partial charge on any atom is 0.136 e. The van der Waals surface area contributed by atoms with Gasteiger partial charge in [-0.15, -0.1) is 11.3 Å². The minimum atomic E-state index is 0.917. The molecule has 0 bridgehead atoms. The van der Waals surface area contributed by atoms with E-state index in [0.717, 1.165) is 44.6 Å². The number of anilines is 3. The van der Waals surface area contributed by atoms with Crippen molar-refractivity contribution >= 4 is 92.1 Å². The number of para-hydroxylation sites is 2. The molecule has 0 fully saturated rings. The molecule has 0 aliphatic carbocycles. The van der Waals surface area contributed by atoms with Gasteiger partial charge in [-0.2, -0.15) is 0 Å². The molecule has 3 heteroatoms. The number of fused-ring (bicyclic) bond motifs is 9. The standard InChI is InChI=1S/C44H27NOS/c1-2-10-31(11-3-1)45(32-20-23-35-29(25-32)18-17-28-9-4-5-12-34(28)35)33-21-24-42-39(27-33)44-36(14-8-16-43(44)47-42)30-19-22-38-37-13-6-7-15-40(37)46-41(38)26-30/h1-27H. The zero-order valence-corrected chi connectivity index (χ0v) is 26.2. The molecule has 0 spiro atoms. The number of hydrogen-bond donors (Lipinski definition) is 0.